The second kappa shape index (κ2) is 6.89. The van der Waals surface area contributed by atoms with Crippen LogP contribution in [0.3, 0.4) is 0 Å². The Kier molecular flexibility index (Phi) is 4.93. The molecule has 0 aliphatic carbocycles. The number of carboxylic acids is 1. The molecule has 2 rings (SSSR count). The molecule has 6 nitrogen and oxygen atoms in total. The highest BCUT2D eigenvalue weighted by Crippen LogP contribution is 2.10. The molecule has 2 aromatic rings. The lowest BCUT2D eigenvalue weighted by Gasteiger charge is -2.19. The van der Waals surface area contributed by atoms with Gasteiger partial charge in [-0.1, -0.05) is 19.1 Å². The van der Waals surface area contributed by atoms with Crippen molar-refractivity contribution in [3.05, 3.63) is 48.3 Å². The van der Waals surface area contributed by atoms with Crippen LogP contribution < -0.4 is 0 Å². The van der Waals surface area contributed by atoms with Gasteiger partial charge in [0.25, 0.3) is 0 Å². The Morgan fingerprint density at radius 1 is 1.32 bits per heavy atom. The van der Waals surface area contributed by atoms with Crippen molar-refractivity contribution in [2.24, 2.45) is 5.92 Å². The third-order valence-electron chi connectivity index (χ3n) is 3.46. The van der Waals surface area contributed by atoms with Gasteiger partial charge in [0, 0.05) is 26.0 Å². The Labute approximate surface area is 129 Å². The van der Waals surface area contributed by atoms with E-state index >= 15 is 0 Å². The summed E-state index contributed by atoms with van der Waals surface area (Å²) >= 11 is 0. The molecular weight excluding hydrogens is 282 g/mol. The summed E-state index contributed by atoms with van der Waals surface area (Å²) in [5, 5.41) is 13.0. The second-order valence-corrected chi connectivity index (χ2v) is 5.31. The van der Waals surface area contributed by atoms with Crippen LogP contribution >= 0.6 is 0 Å². The summed E-state index contributed by atoms with van der Waals surface area (Å²) in [6.45, 7) is 1.80. The van der Waals surface area contributed by atoms with E-state index in [9.17, 15) is 9.59 Å². The molecule has 1 unspecified atom stereocenters. The number of carbonyl (C=O) groups excluding carboxylic acids is 1. The van der Waals surface area contributed by atoms with Crippen LogP contribution in [-0.2, 0) is 16.0 Å². The monoisotopic (exact) mass is 301 g/mol. The lowest BCUT2D eigenvalue weighted by atomic mass is 10.1. The third kappa shape index (κ3) is 3.94. The molecule has 1 N–H and O–H groups in total. The maximum absolute atomic E-state index is 12.1. The van der Waals surface area contributed by atoms with E-state index in [1.54, 1.807) is 24.9 Å². The van der Waals surface area contributed by atoms with Crippen LogP contribution in [0, 0.1) is 5.92 Å². The third-order valence-corrected chi connectivity index (χ3v) is 3.46. The van der Waals surface area contributed by atoms with E-state index in [0.29, 0.717) is 0 Å². The first-order chi connectivity index (χ1) is 10.5. The summed E-state index contributed by atoms with van der Waals surface area (Å²) in [6.07, 6.45) is 3.81. The van der Waals surface area contributed by atoms with Crippen LogP contribution in [0.5, 0.6) is 0 Å². The van der Waals surface area contributed by atoms with Crippen LogP contribution in [0.4, 0.5) is 0 Å². The standard InChI is InChI=1S/C16H19N3O3/c1-12(16(21)22)11-18(2)15(20)10-13-4-6-14(7-5-13)19-9-3-8-17-19/h3-9,12H,10-11H2,1-2H3,(H,21,22). The van der Waals surface area contributed by atoms with Crippen LogP contribution in [0.1, 0.15) is 12.5 Å². The summed E-state index contributed by atoms with van der Waals surface area (Å²) in [5.74, 6) is -1.57. The largest absolute Gasteiger partial charge is 0.481 e. The molecule has 1 aromatic heterocycles. The van der Waals surface area contributed by atoms with Crippen LogP contribution in [0.2, 0.25) is 0 Å². The average Bonchev–Trinajstić information content (AvgIpc) is 3.02. The van der Waals surface area contributed by atoms with Gasteiger partial charge in [-0.3, -0.25) is 9.59 Å². The molecule has 0 bridgehead atoms. The van der Waals surface area contributed by atoms with Crippen molar-refractivity contribution in [1.29, 1.82) is 0 Å². The quantitative estimate of drug-likeness (QED) is 0.879. The maximum atomic E-state index is 12.1. The van der Waals surface area contributed by atoms with Gasteiger partial charge in [0.1, 0.15) is 0 Å². The van der Waals surface area contributed by atoms with E-state index in [1.165, 1.54) is 4.90 Å². The number of amides is 1. The molecule has 6 heteroatoms. The summed E-state index contributed by atoms with van der Waals surface area (Å²) in [6, 6.07) is 9.40. The molecule has 0 saturated carbocycles. The van der Waals surface area contributed by atoms with Gasteiger partial charge >= 0.3 is 5.97 Å². The fourth-order valence-electron chi connectivity index (χ4n) is 2.09. The van der Waals surface area contributed by atoms with Gasteiger partial charge in [0.05, 0.1) is 18.0 Å². The highest BCUT2D eigenvalue weighted by molar-refractivity contribution is 5.79. The lowest BCUT2D eigenvalue weighted by molar-refractivity contribution is -0.142. The first kappa shape index (κ1) is 15.8. The Balaban J connectivity index is 1.95. The maximum Gasteiger partial charge on any atom is 0.308 e. The van der Waals surface area contributed by atoms with E-state index in [4.69, 9.17) is 5.11 Å². The predicted octanol–water partition coefficient (Wildman–Crippen LogP) is 1.59. The number of likely N-dealkylation sites (N-methyl/N-ethyl adjacent to an activating group) is 1. The smallest absolute Gasteiger partial charge is 0.308 e. The minimum Gasteiger partial charge on any atom is -0.481 e. The highest BCUT2D eigenvalue weighted by atomic mass is 16.4. The minimum absolute atomic E-state index is 0.0973. The molecule has 0 spiro atoms. The molecule has 0 saturated heterocycles. The number of hydrogen-bond donors (Lipinski definition) is 1. The fourth-order valence-corrected chi connectivity index (χ4v) is 2.09. The first-order valence-electron chi connectivity index (χ1n) is 7.03. The second-order valence-electron chi connectivity index (χ2n) is 5.31. The number of carboxylic acid groups (broad SMARTS) is 1. The van der Waals surface area contributed by atoms with Crippen molar-refractivity contribution in [3.63, 3.8) is 0 Å². The zero-order valence-electron chi connectivity index (χ0n) is 12.6. The SMILES string of the molecule is CC(CN(C)C(=O)Cc1ccc(-n2cccn2)cc1)C(=O)O. The highest BCUT2D eigenvalue weighted by Gasteiger charge is 2.17. The van der Waals surface area contributed by atoms with Gasteiger partial charge in [0.15, 0.2) is 0 Å². The number of hydrogen-bond acceptors (Lipinski definition) is 3. The molecule has 116 valence electrons. The van der Waals surface area contributed by atoms with Crippen molar-refractivity contribution in [2.45, 2.75) is 13.3 Å². The number of carbonyl (C=O) groups is 2. The molecule has 1 amide bonds. The molecule has 1 atom stereocenters. The Bertz CT molecular complexity index is 635. The molecule has 0 aliphatic heterocycles. The van der Waals surface area contributed by atoms with Crippen molar-refractivity contribution in [1.82, 2.24) is 14.7 Å². The molecule has 1 heterocycles. The molecule has 1 aromatic carbocycles. The van der Waals surface area contributed by atoms with E-state index < -0.39 is 11.9 Å². The summed E-state index contributed by atoms with van der Waals surface area (Å²) in [4.78, 5) is 24.4. The number of benzene rings is 1. The number of nitrogens with zero attached hydrogens (tertiary/aromatic N) is 3. The predicted molar refractivity (Wildman–Crippen MR) is 81.7 cm³/mol. The van der Waals surface area contributed by atoms with Crippen molar-refractivity contribution >= 4 is 11.9 Å². The van der Waals surface area contributed by atoms with Gasteiger partial charge in [-0.05, 0) is 23.8 Å². The van der Waals surface area contributed by atoms with Gasteiger partial charge in [-0.25, -0.2) is 4.68 Å². The Morgan fingerprint density at radius 3 is 2.55 bits per heavy atom. The van der Waals surface area contributed by atoms with E-state index in [0.717, 1.165) is 11.3 Å². The molecule has 22 heavy (non-hydrogen) atoms. The summed E-state index contributed by atoms with van der Waals surface area (Å²) < 4.78 is 1.74. The molecule has 0 aliphatic rings. The zero-order chi connectivity index (χ0) is 16.1. The summed E-state index contributed by atoms with van der Waals surface area (Å²) in [5.41, 5.74) is 1.81. The van der Waals surface area contributed by atoms with Crippen LogP contribution in [-0.4, -0.2) is 45.3 Å². The average molecular weight is 301 g/mol. The zero-order valence-corrected chi connectivity index (χ0v) is 12.6. The van der Waals surface area contributed by atoms with Crippen LogP contribution in [0.25, 0.3) is 5.69 Å². The normalized spacial score (nSPS) is 11.9. The number of aromatic nitrogens is 2. The molecular formula is C16H19N3O3. The van der Waals surface area contributed by atoms with Gasteiger partial charge in [0.2, 0.25) is 5.91 Å². The topological polar surface area (TPSA) is 75.4 Å². The van der Waals surface area contributed by atoms with E-state index in [1.807, 2.05) is 36.5 Å². The first-order valence-corrected chi connectivity index (χ1v) is 7.03. The van der Waals surface area contributed by atoms with Gasteiger partial charge in [-0.15, -0.1) is 0 Å². The lowest BCUT2D eigenvalue weighted by Crippen LogP contribution is -2.34. The molecule has 0 fully saturated rings. The van der Waals surface area contributed by atoms with Crippen molar-refractivity contribution in [3.8, 4) is 5.69 Å². The van der Waals surface area contributed by atoms with E-state index in [-0.39, 0.29) is 18.9 Å². The number of aliphatic carboxylic acids is 1. The van der Waals surface area contributed by atoms with Crippen molar-refractivity contribution in [2.75, 3.05) is 13.6 Å². The fraction of sp³-hybridized carbons (Fsp3) is 0.312. The Hall–Kier alpha value is -2.63. The van der Waals surface area contributed by atoms with Gasteiger partial charge in [-0.2, -0.15) is 5.10 Å². The minimum atomic E-state index is -0.900. The van der Waals surface area contributed by atoms with Crippen molar-refractivity contribution < 1.29 is 14.7 Å². The van der Waals surface area contributed by atoms with E-state index in [2.05, 4.69) is 5.10 Å². The van der Waals surface area contributed by atoms with Crippen LogP contribution in [0.15, 0.2) is 42.7 Å². The number of rotatable bonds is 6. The Morgan fingerprint density at radius 2 is 2.00 bits per heavy atom. The van der Waals surface area contributed by atoms with Gasteiger partial charge < -0.3 is 10.0 Å². The molecule has 0 radical (unpaired) electrons. The summed E-state index contributed by atoms with van der Waals surface area (Å²) in [7, 11) is 1.62.